The highest BCUT2D eigenvalue weighted by Crippen LogP contribution is 2.15. The molecule has 108 valence electrons. The summed E-state index contributed by atoms with van der Waals surface area (Å²) in [5, 5.41) is 0. The molecule has 0 radical (unpaired) electrons. The topological polar surface area (TPSA) is 72.2 Å². The lowest BCUT2D eigenvalue weighted by atomic mass is 10.1. The summed E-state index contributed by atoms with van der Waals surface area (Å²) in [5.74, 6) is 0.590. The zero-order valence-electron chi connectivity index (χ0n) is 11.9. The predicted molar refractivity (Wildman–Crippen MR) is 78.3 cm³/mol. The zero-order valence-corrected chi connectivity index (χ0v) is 12.8. The van der Waals surface area contributed by atoms with Crippen LogP contribution < -0.4 is 10.5 Å². The third-order valence-electron chi connectivity index (χ3n) is 3.10. The first-order chi connectivity index (χ1) is 8.86. The molecule has 4 nitrogen and oxygen atoms in total. The van der Waals surface area contributed by atoms with Gasteiger partial charge in [-0.25, -0.2) is 13.1 Å². The molecule has 19 heavy (non-hydrogen) atoms. The molecule has 0 bridgehead atoms. The molecule has 1 rings (SSSR count). The van der Waals surface area contributed by atoms with Gasteiger partial charge < -0.3 is 5.73 Å². The lowest BCUT2D eigenvalue weighted by Crippen LogP contribution is -2.25. The summed E-state index contributed by atoms with van der Waals surface area (Å²) in [4.78, 5) is 0.295. The second kappa shape index (κ2) is 7.03. The highest BCUT2D eigenvalue weighted by molar-refractivity contribution is 7.89. The maximum absolute atomic E-state index is 12.1. The van der Waals surface area contributed by atoms with Gasteiger partial charge in [-0.2, -0.15) is 0 Å². The average molecular weight is 284 g/mol. The minimum atomic E-state index is -3.41. The summed E-state index contributed by atoms with van der Waals surface area (Å²) in [6.45, 7) is 7.01. The molecule has 0 fully saturated rings. The second-order valence-corrected chi connectivity index (χ2v) is 6.99. The number of aryl methyl sites for hydroxylation is 1. The number of hydrogen-bond donors (Lipinski definition) is 2. The van der Waals surface area contributed by atoms with Crippen LogP contribution in [-0.2, 0) is 16.6 Å². The monoisotopic (exact) mass is 284 g/mol. The highest BCUT2D eigenvalue weighted by atomic mass is 32.2. The van der Waals surface area contributed by atoms with E-state index in [1.54, 1.807) is 18.2 Å². The Hall–Kier alpha value is -0.910. The maximum Gasteiger partial charge on any atom is 0.240 e. The largest absolute Gasteiger partial charge is 0.326 e. The Morgan fingerprint density at radius 3 is 2.58 bits per heavy atom. The molecule has 0 atom stereocenters. The smallest absolute Gasteiger partial charge is 0.240 e. The van der Waals surface area contributed by atoms with Gasteiger partial charge in [-0.1, -0.05) is 19.9 Å². The normalized spacial score (nSPS) is 12.1. The molecule has 1 aromatic carbocycles. The van der Waals surface area contributed by atoms with Crippen LogP contribution in [0.25, 0.3) is 0 Å². The van der Waals surface area contributed by atoms with Crippen molar-refractivity contribution in [2.24, 2.45) is 11.7 Å². The Bertz CT molecular complexity index is 510. The first-order valence-corrected chi connectivity index (χ1v) is 8.14. The summed E-state index contributed by atoms with van der Waals surface area (Å²) in [7, 11) is -3.41. The van der Waals surface area contributed by atoms with Crippen LogP contribution in [0.5, 0.6) is 0 Å². The quantitative estimate of drug-likeness (QED) is 0.754. The standard InChI is InChI=1S/C14H24N2O2S/c1-11(2)5-4-8-16-19(17,18)14-7-6-12(3)13(9-14)10-15/h6-7,9,11,16H,4-5,8,10,15H2,1-3H3. The van der Waals surface area contributed by atoms with Gasteiger partial charge in [0, 0.05) is 13.1 Å². The molecule has 0 aromatic heterocycles. The molecular formula is C14H24N2O2S. The summed E-state index contributed by atoms with van der Waals surface area (Å²) in [6.07, 6.45) is 1.87. The Kier molecular flexibility index (Phi) is 5.97. The average Bonchev–Trinajstić information content (AvgIpc) is 2.35. The number of nitrogens with two attached hydrogens (primary N) is 1. The molecule has 0 saturated heterocycles. The van der Waals surface area contributed by atoms with Gasteiger partial charge in [-0.05, 0) is 48.9 Å². The summed E-state index contributed by atoms with van der Waals surface area (Å²) in [5.41, 5.74) is 7.48. The van der Waals surface area contributed by atoms with Gasteiger partial charge in [0.2, 0.25) is 10.0 Å². The van der Waals surface area contributed by atoms with Crippen molar-refractivity contribution < 1.29 is 8.42 Å². The van der Waals surface area contributed by atoms with Crippen molar-refractivity contribution in [3.63, 3.8) is 0 Å². The van der Waals surface area contributed by atoms with E-state index in [9.17, 15) is 8.42 Å². The van der Waals surface area contributed by atoms with E-state index in [0.29, 0.717) is 23.9 Å². The Balaban J connectivity index is 2.72. The van der Waals surface area contributed by atoms with Gasteiger partial charge in [0.1, 0.15) is 0 Å². The van der Waals surface area contributed by atoms with E-state index < -0.39 is 10.0 Å². The van der Waals surface area contributed by atoms with Crippen LogP contribution in [0.1, 0.15) is 37.8 Å². The number of benzene rings is 1. The minimum Gasteiger partial charge on any atom is -0.326 e. The summed E-state index contributed by atoms with van der Waals surface area (Å²) in [6, 6.07) is 5.07. The molecule has 0 aliphatic rings. The minimum absolute atomic E-state index is 0.295. The van der Waals surface area contributed by atoms with Crippen LogP contribution in [0.4, 0.5) is 0 Å². The van der Waals surface area contributed by atoms with Crippen LogP contribution in [0.15, 0.2) is 23.1 Å². The Labute approximate surface area is 116 Å². The van der Waals surface area contributed by atoms with Crippen molar-refractivity contribution in [3.8, 4) is 0 Å². The fraction of sp³-hybridized carbons (Fsp3) is 0.571. The SMILES string of the molecule is Cc1ccc(S(=O)(=O)NCCCC(C)C)cc1CN. The van der Waals surface area contributed by atoms with Crippen molar-refractivity contribution >= 4 is 10.0 Å². The molecule has 5 heteroatoms. The van der Waals surface area contributed by atoms with Crippen LogP contribution in [0, 0.1) is 12.8 Å². The predicted octanol–water partition coefficient (Wildman–Crippen LogP) is 2.17. The van der Waals surface area contributed by atoms with E-state index in [-0.39, 0.29) is 0 Å². The number of rotatable bonds is 7. The van der Waals surface area contributed by atoms with E-state index in [1.165, 1.54) is 0 Å². The molecular weight excluding hydrogens is 260 g/mol. The van der Waals surface area contributed by atoms with Crippen LogP contribution in [0.2, 0.25) is 0 Å². The number of sulfonamides is 1. The van der Waals surface area contributed by atoms with E-state index >= 15 is 0 Å². The van der Waals surface area contributed by atoms with E-state index in [1.807, 2.05) is 6.92 Å². The molecule has 0 aliphatic carbocycles. The maximum atomic E-state index is 12.1. The van der Waals surface area contributed by atoms with Gasteiger partial charge >= 0.3 is 0 Å². The molecule has 0 amide bonds. The molecule has 0 aliphatic heterocycles. The third-order valence-corrected chi connectivity index (χ3v) is 4.56. The zero-order chi connectivity index (χ0) is 14.5. The molecule has 0 spiro atoms. The Morgan fingerprint density at radius 2 is 2.00 bits per heavy atom. The highest BCUT2D eigenvalue weighted by Gasteiger charge is 2.14. The Morgan fingerprint density at radius 1 is 1.32 bits per heavy atom. The number of hydrogen-bond acceptors (Lipinski definition) is 3. The van der Waals surface area contributed by atoms with Gasteiger partial charge in [0.25, 0.3) is 0 Å². The van der Waals surface area contributed by atoms with Gasteiger partial charge in [-0.3, -0.25) is 0 Å². The lowest BCUT2D eigenvalue weighted by Gasteiger charge is -2.10. The third kappa shape index (κ3) is 4.93. The number of nitrogens with one attached hydrogen (secondary N) is 1. The van der Waals surface area contributed by atoms with E-state index in [4.69, 9.17) is 5.73 Å². The molecule has 3 N–H and O–H groups in total. The fourth-order valence-electron chi connectivity index (χ4n) is 1.84. The van der Waals surface area contributed by atoms with E-state index in [2.05, 4.69) is 18.6 Å². The fourth-order valence-corrected chi connectivity index (χ4v) is 2.96. The van der Waals surface area contributed by atoms with Crippen LogP contribution >= 0.6 is 0 Å². The van der Waals surface area contributed by atoms with Crippen molar-refractivity contribution in [2.45, 2.75) is 45.1 Å². The molecule has 0 heterocycles. The first kappa shape index (κ1) is 16.1. The van der Waals surface area contributed by atoms with Gasteiger partial charge in [0.05, 0.1) is 4.90 Å². The van der Waals surface area contributed by atoms with Crippen molar-refractivity contribution in [1.29, 1.82) is 0 Å². The second-order valence-electron chi connectivity index (χ2n) is 5.23. The van der Waals surface area contributed by atoms with Crippen LogP contribution in [-0.4, -0.2) is 15.0 Å². The molecule has 0 saturated carbocycles. The van der Waals surface area contributed by atoms with Crippen molar-refractivity contribution in [3.05, 3.63) is 29.3 Å². The van der Waals surface area contributed by atoms with Gasteiger partial charge in [0.15, 0.2) is 0 Å². The lowest BCUT2D eigenvalue weighted by molar-refractivity contribution is 0.540. The van der Waals surface area contributed by atoms with Crippen molar-refractivity contribution in [1.82, 2.24) is 4.72 Å². The van der Waals surface area contributed by atoms with E-state index in [0.717, 1.165) is 24.0 Å². The molecule has 0 unspecified atom stereocenters. The van der Waals surface area contributed by atoms with Crippen molar-refractivity contribution in [2.75, 3.05) is 6.54 Å². The summed E-state index contributed by atoms with van der Waals surface area (Å²) >= 11 is 0. The summed E-state index contributed by atoms with van der Waals surface area (Å²) < 4.78 is 26.8. The first-order valence-electron chi connectivity index (χ1n) is 6.66. The van der Waals surface area contributed by atoms with Crippen LogP contribution in [0.3, 0.4) is 0 Å². The van der Waals surface area contributed by atoms with Gasteiger partial charge in [-0.15, -0.1) is 0 Å². The molecule has 1 aromatic rings.